The van der Waals surface area contributed by atoms with Crippen molar-refractivity contribution in [1.29, 1.82) is 0 Å². The molecule has 16 heavy (non-hydrogen) atoms. The molecule has 5 heteroatoms. The van der Waals surface area contributed by atoms with E-state index in [4.69, 9.17) is 0 Å². The molecule has 0 aliphatic rings. The van der Waals surface area contributed by atoms with Crippen molar-refractivity contribution in [2.24, 2.45) is 5.41 Å². The first kappa shape index (κ1) is 13.2. The molecule has 0 aromatic carbocycles. The minimum atomic E-state index is -0.0612. The first-order valence-corrected chi connectivity index (χ1v) is 6.42. The van der Waals surface area contributed by atoms with Gasteiger partial charge in [-0.05, 0) is 18.8 Å². The zero-order chi connectivity index (χ0) is 12.2. The van der Waals surface area contributed by atoms with E-state index in [0.29, 0.717) is 12.1 Å². The monoisotopic (exact) mass is 287 g/mol. The first-order valence-electron chi connectivity index (χ1n) is 5.30. The Hall–Kier alpha value is -0.840. The topological polar surface area (TPSA) is 57.8 Å². The Kier molecular flexibility index (Phi) is 4.53. The van der Waals surface area contributed by atoms with Gasteiger partial charge in [0, 0.05) is 17.6 Å². The van der Waals surface area contributed by atoms with Crippen LogP contribution in [-0.2, 0) is 0 Å². The van der Waals surface area contributed by atoms with Crippen LogP contribution in [0.3, 0.4) is 0 Å². The van der Waals surface area contributed by atoms with Crippen molar-refractivity contribution in [3.63, 3.8) is 0 Å². The van der Waals surface area contributed by atoms with Crippen LogP contribution in [0.25, 0.3) is 0 Å². The molecule has 4 nitrogen and oxygen atoms in total. The molecule has 0 saturated heterocycles. The minimum absolute atomic E-state index is 0.0612. The average Bonchev–Trinajstić information content (AvgIpc) is 2.61. The summed E-state index contributed by atoms with van der Waals surface area (Å²) in [6, 6.07) is 0. The summed E-state index contributed by atoms with van der Waals surface area (Å²) >= 11 is 3.41. The number of aromatic amines is 1. The second kappa shape index (κ2) is 5.48. The smallest absolute Gasteiger partial charge is 0.254 e. The zero-order valence-corrected chi connectivity index (χ0v) is 11.5. The molecule has 2 N–H and O–H groups in total. The van der Waals surface area contributed by atoms with Crippen LogP contribution in [0.4, 0.5) is 0 Å². The molecule has 0 aliphatic carbocycles. The number of carbonyl (C=O) groups excluding carboxylic acids is 1. The van der Waals surface area contributed by atoms with Crippen LogP contribution in [0, 0.1) is 12.3 Å². The maximum atomic E-state index is 11.8. The SMILES string of the molecule is Cc1[nH]ncc1C(=O)NCC(C)(C)CCBr. The number of hydrogen-bond donors (Lipinski definition) is 2. The Bertz CT molecular complexity index is 360. The predicted octanol–water partition coefficient (Wildman–Crippen LogP) is 2.26. The summed E-state index contributed by atoms with van der Waals surface area (Å²) in [7, 11) is 0. The Labute approximate surface area is 104 Å². The van der Waals surface area contributed by atoms with E-state index in [1.54, 1.807) is 6.20 Å². The van der Waals surface area contributed by atoms with E-state index >= 15 is 0 Å². The van der Waals surface area contributed by atoms with E-state index in [9.17, 15) is 4.79 Å². The molecule has 1 rings (SSSR count). The highest BCUT2D eigenvalue weighted by atomic mass is 79.9. The van der Waals surface area contributed by atoms with Crippen LogP contribution in [0.15, 0.2) is 6.20 Å². The van der Waals surface area contributed by atoms with Crippen molar-refractivity contribution in [2.75, 3.05) is 11.9 Å². The maximum Gasteiger partial charge on any atom is 0.254 e. The van der Waals surface area contributed by atoms with Gasteiger partial charge in [-0.25, -0.2) is 0 Å². The second-order valence-electron chi connectivity index (χ2n) is 4.69. The molecule has 90 valence electrons. The van der Waals surface area contributed by atoms with Crippen LogP contribution >= 0.6 is 15.9 Å². The van der Waals surface area contributed by atoms with Gasteiger partial charge in [0.2, 0.25) is 0 Å². The lowest BCUT2D eigenvalue weighted by Gasteiger charge is -2.23. The molecule has 1 aromatic heterocycles. The molecule has 1 amide bonds. The lowest BCUT2D eigenvalue weighted by molar-refractivity contribution is 0.0935. The van der Waals surface area contributed by atoms with E-state index in [1.807, 2.05) is 6.92 Å². The number of nitrogens with one attached hydrogen (secondary N) is 2. The Morgan fingerprint density at radius 2 is 2.31 bits per heavy atom. The number of H-pyrrole nitrogens is 1. The third-order valence-electron chi connectivity index (χ3n) is 2.57. The standard InChI is InChI=1S/C11H18BrN3O/c1-8-9(6-14-15-8)10(16)13-7-11(2,3)4-5-12/h6H,4-5,7H2,1-3H3,(H,13,16)(H,14,15). The summed E-state index contributed by atoms with van der Waals surface area (Å²) in [5.41, 5.74) is 1.53. The van der Waals surface area contributed by atoms with Crippen molar-refractivity contribution in [2.45, 2.75) is 27.2 Å². The molecular weight excluding hydrogens is 270 g/mol. The minimum Gasteiger partial charge on any atom is -0.351 e. The van der Waals surface area contributed by atoms with Gasteiger partial charge in [0.05, 0.1) is 11.8 Å². The molecule has 0 atom stereocenters. The maximum absolute atomic E-state index is 11.8. The highest BCUT2D eigenvalue weighted by Gasteiger charge is 2.19. The molecule has 1 aromatic rings. The summed E-state index contributed by atoms with van der Waals surface area (Å²) in [4.78, 5) is 11.8. The lowest BCUT2D eigenvalue weighted by Crippen LogP contribution is -2.34. The normalized spacial score (nSPS) is 11.5. The van der Waals surface area contributed by atoms with Crippen molar-refractivity contribution in [1.82, 2.24) is 15.5 Å². The quantitative estimate of drug-likeness (QED) is 0.816. The number of carbonyl (C=O) groups is 1. The van der Waals surface area contributed by atoms with Crippen LogP contribution < -0.4 is 5.32 Å². The Morgan fingerprint density at radius 1 is 1.62 bits per heavy atom. The molecule has 1 heterocycles. The predicted molar refractivity (Wildman–Crippen MR) is 67.8 cm³/mol. The van der Waals surface area contributed by atoms with E-state index in [0.717, 1.165) is 17.4 Å². The van der Waals surface area contributed by atoms with Crippen LogP contribution in [0.2, 0.25) is 0 Å². The summed E-state index contributed by atoms with van der Waals surface area (Å²) < 4.78 is 0. The molecule has 0 unspecified atom stereocenters. The number of aromatic nitrogens is 2. The van der Waals surface area contributed by atoms with Gasteiger partial charge in [-0.2, -0.15) is 5.10 Å². The van der Waals surface area contributed by atoms with Gasteiger partial charge in [-0.1, -0.05) is 29.8 Å². The van der Waals surface area contributed by atoms with E-state index in [1.165, 1.54) is 0 Å². The molecule has 0 fully saturated rings. The largest absolute Gasteiger partial charge is 0.351 e. The number of rotatable bonds is 5. The zero-order valence-electron chi connectivity index (χ0n) is 9.93. The number of halogens is 1. The average molecular weight is 288 g/mol. The second-order valence-corrected chi connectivity index (χ2v) is 5.49. The Morgan fingerprint density at radius 3 is 2.81 bits per heavy atom. The van der Waals surface area contributed by atoms with Crippen LogP contribution in [0.5, 0.6) is 0 Å². The molecule has 0 spiro atoms. The first-order chi connectivity index (χ1) is 7.46. The third kappa shape index (κ3) is 3.63. The van der Waals surface area contributed by atoms with Gasteiger partial charge in [0.1, 0.15) is 0 Å². The van der Waals surface area contributed by atoms with Gasteiger partial charge in [-0.3, -0.25) is 9.89 Å². The highest BCUT2D eigenvalue weighted by molar-refractivity contribution is 9.09. The lowest BCUT2D eigenvalue weighted by atomic mass is 9.90. The summed E-state index contributed by atoms with van der Waals surface area (Å²) in [5.74, 6) is -0.0612. The van der Waals surface area contributed by atoms with Gasteiger partial charge < -0.3 is 5.32 Å². The van der Waals surface area contributed by atoms with Crippen LogP contribution in [0.1, 0.15) is 36.3 Å². The number of hydrogen-bond acceptors (Lipinski definition) is 2. The van der Waals surface area contributed by atoms with Gasteiger partial charge in [0.15, 0.2) is 0 Å². The van der Waals surface area contributed by atoms with Gasteiger partial charge >= 0.3 is 0 Å². The van der Waals surface area contributed by atoms with Gasteiger partial charge in [0.25, 0.3) is 5.91 Å². The molecule has 0 aliphatic heterocycles. The summed E-state index contributed by atoms with van der Waals surface area (Å²) in [5, 5.41) is 10.5. The number of nitrogens with zero attached hydrogens (tertiary/aromatic N) is 1. The van der Waals surface area contributed by atoms with Crippen molar-refractivity contribution >= 4 is 21.8 Å². The number of alkyl halides is 1. The van der Waals surface area contributed by atoms with Crippen molar-refractivity contribution in [3.05, 3.63) is 17.5 Å². The van der Waals surface area contributed by atoms with Crippen molar-refractivity contribution in [3.8, 4) is 0 Å². The van der Waals surface area contributed by atoms with Crippen molar-refractivity contribution < 1.29 is 4.79 Å². The summed E-state index contributed by atoms with van der Waals surface area (Å²) in [6.07, 6.45) is 2.58. The third-order valence-corrected chi connectivity index (χ3v) is 2.97. The highest BCUT2D eigenvalue weighted by Crippen LogP contribution is 2.20. The molecule has 0 saturated carbocycles. The van der Waals surface area contributed by atoms with Gasteiger partial charge in [-0.15, -0.1) is 0 Å². The Balaban J connectivity index is 2.51. The fraction of sp³-hybridized carbons (Fsp3) is 0.636. The number of aryl methyl sites for hydroxylation is 1. The summed E-state index contributed by atoms with van der Waals surface area (Å²) in [6.45, 7) is 6.78. The van der Waals surface area contributed by atoms with E-state index in [-0.39, 0.29) is 11.3 Å². The molecule has 0 radical (unpaired) electrons. The number of amides is 1. The van der Waals surface area contributed by atoms with E-state index in [2.05, 4.69) is 45.3 Å². The molecule has 0 bridgehead atoms. The fourth-order valence-electron chi connectivity index (χ4n) is 1.34. The molecular formula is C11H18BrN3O. The van der Waals surface area contributed by atoms with Crippen LogP contribution in [-0.4, -0.2) is 28.0 Å². The fourth-order valence-corrected chi connectivity index (χ4v) is 2.41. The van der Waals surface area contributed by atoms with E-state index < -0.39 is 0 Å².